The van der Waals surface area contributed by atoms with Crippen LogP contribution < -0.4 is 0 Å². The summed E-state index contributed by atoms with van der Waals surface area (Å²) in [6, 6.07) is 0. The highest BCUT2D eigenvalue weighted by atomic mass is 32.2. The van der Waals surface area contributed by atoms with Crippen LogP contribution in [0.3, 0.4) is 0 Å². The summed E-state index contributed by atoms with van der Waals surface area (Å²) in [5.41, 5.74) is 0. The third-order valence-electron chi connectivity index (χ3n) is 2.13. The highest BCUT2D eigenvalue weighted by Gasteiger charge is 2.10. The minimum absolute atomic E-state index is 0.224. The van der Waals surface area contributed by atoms with Gasteiger partial charge in [-0.2, -0.15) is 0 Å². The summed E-state index contributed by atoms with van der Waals surface area (Å²) in [6.45, 7) is 3.88. The molecule has 3 nitrogen and oxygen atoms in total. The highest BCUT2D eigenvalue weighted by Crippen LogP contribution is 2.06. The molecule has 0 bridgehead atoms. The Morgan fingerprint density at radius 1 is 1.07 bits per heavy atom. The molecule has 0 aliphatic heterocycles. The predicted molar refractivity (Wildman–Crippen MR) is 59.1 cm³/mol. The molecule has 0 heterocycles. The van der Waals surface area contributed by atoms with Gasteiger partial charge in [0.1, 0.15) is 9.84 Å². The summed E-state index contributed by atoms with van der Waals surface area (Å²) >= 11 is 0. The van der Waals surface area contributed by atoms with Crippen LogP contribution in [0.2, 0.25) is 0 Å². The van der Waals surface area contributed by atoms with Crippen molar-refractivity contribution in [2.45, 2.75) is 52.1 Å². The molecule has 0 aromatic carbocycles. The number of sulfone groups is 1. The van der Waals surface area contributed by atoms with Crippen LogP contribution in [-0.2, 0) is 9.84 Å². The zero-order valence-electron chi connectivity index (χ0n) is 9.20. The van der Waals surface area contributed by atoms with Gasteiger partial charge in [-0.1, -0.05) is 20.3 Å². The molecule has 1 N–H and O–H groups in total. The van der Waals surface area contributed by atoms with Gasteiger partial charge in [0.2, 0.25) is 0 Å². The number of aliphatic hydroxyl groups is 1. The number of aliphatic hydroxyl groups excluding tert-OH is 1. The summed E-state index contributed by atoms with van der Waals surface area (Å²) in [4.78, 5) is 0. The molecule has 14 heavy (non-hydrogen) atoms. The van der Waals surface area contributed by atoms with Crippen molar-refractivity contribution in [3.05, 3.63) is 0 Å². The zero-order chi connectivity index (χ0) is 11.0. The highest BCUT2D eigenvalue weighted by molar-refractivity contribution is 7.91. The van der Waals surface area contributed by atoms with Gasteiger partial charge in [0, 0.05) is 5.75 Å². The van der Waals surface area contributed by atoms with Gasteiger partial charge in [0.15, 0.2) is 0 Å². The van der Waals surface area contributed by atoms with E-state index in [0.717, 1.165) is 12.8 Å². The normalized spacial score (nSPS) is 14.2. The molecule has 86 valence electrons. The number of rotatable bonds is 8. The lowest BCUT2D eigenvalue weighted by molar-refractivity contribution is 0.153. The monoisotopic (exact) mass is 222 g/mol. The fraction of sp³-hybridized carbons (Fsp3) is 1.00. The molecule has 0 rings (SSSR count). The maximum atomic E-state index is 11.3. The van der Waals surface area contributed by atoms with Crippen molar-refractivity contribution >= 4 is 9.84 Å². The first-order valence-corrected chi connectivity index (χ1v) is 7.22. The van der Waals surface area contributed by atoms with Crippen LogP contribution in [0.25, 0.3) is 0 Å². The fourth-order valence-electron chi connectivity index (χ4n) is 1.43. The van der Waals surface area contributed by atoms with Gasteiger partial charge in [-0.3, -0.25) is 0 Å². The van der Waals surface area contributed by atoms with Gasteiger partial charge in [-0.25, -0.2) is 8.42 Å². The molecule has 0 aromatic heterocycles. The molecule has 4 heteroatoms. The van der Waals surface area contributed by atoms with Gasteiger partial charge < -0.3 is 5.11 Å². The van der Waals surface area contributed by atoms with E-state index in [1.165, 1.54) is 0 Å². The molecule has 0 radical (unpaired) electrons. The molecule has 0 spiro atoms. The van der Waals surface area contributed by atoms with E-state index in [1.807, 2.05) is 13.8 Å². The summed E-state index contributed by atoms with van der Waals surface area (Å²) in [7, 11) is -2.85. The van der Waals surface area contributed by atoms with E-state index < -0.39 is 9.84 Å². The molecule has 1 unspecified atom stereocenters. The zero-order valence-corrected chi connectivity index (χ0v) is 10.0. The lowest BCUT2D eigenvalue weighted by Crippen LogP contribution is -2.13. The van der Waals surface area contributed by atoms with Crippen molar-refractivity contribution in [2.75, 3.05) is 11.5 Å². The average molecular weight is 222 g/mol. The van der Waals surface area contributed by atoms with E-state index in [2.05, 4.69) is 0 Å². The van der Waals surface area contributed by atoms with Crippen molar-refractivity contribution < 1.29 is 13.5 Å². The van der Waals surface area contributed by atoms with Crippen LogP contribution in [0.5, 0.6) is 0 Å². The summed E-state index contributed by atoms with van der Waals surface area (Å²) < 4.78 is 22.6. The van der Waals surface area contributed by atoms with E-state index in [0.29, 0.717) is 19.3 Å². The third-order valence-corrected chi connectivity index (χ3v) is 4.07. The van der Waals surface area contributed by atoms with Gasteiger partial charge in [0.25, 0.3) is 0 Å². The molecular formula is C10H22O3S. The lowest BCUT2D eigenvalue weighted by atomic mass is 10.1. The Labute approximate surface area is 87.4 Å². The lowest BCUT2D eigenvalue weighted by Gasteiger charge is -2.08. The van der Waals surface area contributed by atoms with Crippen LogP contribution in [0, 0.1) is 0 Å². The first kappa shape index (κ1) is 13.9. The van der Waals surface area contributed by atoms with E-state index in [4.69, 9.17) is 0 Å². The number of hydrogen-bond donors (Lipinski definition) is 1. The smallest absolute Gasteiger partial charge is 0.150 e. The first-order chi connectivity index (χ1) is 6.52. The average Bonchev–Trinajstić information content (AvgIpc) is 2.03. The van der Waals surface area contributed by atoms with Crippen molar-refractivity contribution in [3.63, 3.8) is 0 Å². The minimum Gasteiger partial charge on any atom is -0.393 e. The molecule has 0 saturated carbocycles. The largest absolute Gasteiger partial charge is 0.393 e. The quantitative estimate of drug-likeness (QED) is 0.680. The van der Waals surface area contributed by atoms with Crippen molar-refractivity contribution in [1.82, 2.24) is 0 Å². The Morgan fingerprint density at radius 3 is 2.21 bits per heavy atom. The van der Waals surface area contributed by atoms with E-state index in [9.17, 15) is 13.5 Å². The summed E-state index contributed by atoms with van der Waals surface area (Å²) in [5.74, 6) is 0.498. The maximum absolute atomic E-state index is 11.3. The Kier molecular flexibility index (Phi) is 7.19. The Bertz CT molecular complexity index is 222. The van der Waals surface area contributed by atoms with Crippen molar-refractivity contribution in [3.8, 4) is 0 Å². The van der Waals surface area contributed by atoms with E-state index >= 15 is 0 Å². The molecule has 0 fully saturated rings. The van der Waals surface area contributed by atoms with Crippen LogP contribution in [0.4, 0.5) is 0 Å². The standard InChI is InChI=1S/C10H22O3S/c1-3-6-10(11)7-5-9-14(12,13)8-4-2/h10-11H,3-9H2,1-2H3. The van der Waals surface area contributed by atoms with Gasteiger partial charge in [-0.15, -0.1) is 0 Å². The Hall–Kier alpha value is -0.0900. The summed E-state index contributed by atoms with van der Waals surface area (Å²) in [5, 5.41) is 9.38. The molecule has 0 saturated heterocycles. The molecule has 1 atom stereocenters. The molecule has 0 aliphatic carbocycles. The molecule has 0 aliphatic rings. The second kappa shape index (κ2) is 7.23. The predicted octanol–water partition coefficient (Wildman–Crippen LogP) is 1.75. The van der Waals surface area contributed by atoms with E-state index in [1.54, 1.807) is 0 Å². The van der Waals surface area contributed by atoms with Gasteiger partial charge >= 0.3 is 0 Å². The van der Waals surface area contributed by atoms with Crippen LogP contribution >= 0.6 is 0 Å². The Morgan fingerprint density at radius 2 is 1.71 bits per heavy atom. The topological polar surface area (TPSA) is 54.4 Å². The van der Waals surface area contributed by atoms with Crippen LogP contribution in [0.1, 0.15) is 46.0 Å². The minimum atomic E-state index is -2.85. The Balaban J connectivity index is 3.63. The number of hydrogen-bond acceptors (Lipinski definition) is 3. The van der Waals surface area contributed by atoms with Crippen molar-refractivity contribution in [2.24, 2.45) is 0 Å². The maximum Gasteiger partial charge on any atom is 0.150 e. The first-order valence-electron chi connectivity index (χ1n) is 5.40. The SMILES string of the molecule is CCCC(O)CCCS(=O)(=O)CCC. The second-order valence-electron chi connectivity index (χ2n) is 3.74. The van der Waals surface area contributed by atoms with Crippen molar-refractivity contribution in [1.29, 1.82) is 0 Å². The van der Waals surface area contributed by atoms with Gasteiger partial charge in [0.05, 0.1) is 11.9 Å². The third kappa shape index (κ3) is 7.33. The fourth-order valence-corrected chi connectivity index (χ4v) is 2.86. The van der Waals surface area contributed by atoms with E-state index in [-0.39, 0.29) is 17.6 Å². The molecular weight excluding hydrogens is 200 g/mol. The van der Waals surface area contributed by atoms with Crippen LogP contribution in [0.15, 0.2) is 0 Å². The summed E-state index contributed by atoms with van der Waals surface area (Å²) in [6.07, 6.45) is 3.27. The molecule has 0 amide bonds. The van der Waals surface area contributed by atoms with Crippen LogP contribution in [-0.4, -0.2) is 31.1 Å². The van der Waals surface area contributed by atoms with Gasteiger partial charge in [-0.05, 0) is 25.7 Å². The molecule has 0 aromatic rings. The second-order valence-corrected chi connectivity index (χ2v) is 6.04.